The molecule has 1 aromatic rings. The third-order valence-corrected chi connectivity index (χ3v) is 1.73. The topological polar surface area (TPSA) is 62.7 Å². The molecule has 0 radical (unpaired) electrons. The summed E-state index contributed by atoms with van der Waals surface area (Å²) >= 11 is 0. The van der Waals surface area contributed by atoms with Crippen LogP contribution in [0.15, 0.2) is 12.3 Å². The average Bonchev–Trinajstić information content (AvgIpc) is 2.05. The molecule has 3 heteroatoms. The minimum atomic E-state index is 0.307. The highest BCUT2D eigenvalue weighted by molar-refractivity contribution is 5.49. The van der Waals surface area contributed by atoms with Crippen LogP contribution in [-0.4, -0.2) is 4.98 Å². The van der Waals surface area contributed by atoms with Crippen molar-refractivity contribution in [3.05, 3.63) is 23.4 Å². The Morgan fingerprint density at radius 2 is 2.25 bits per heavy atom. The maximum atomic E-state index is 8.65. The monoisotopic (exact) mass is 161 g/mol. The maximum absolute atomic E-state index is 8.65. The van der Waals surface area contributed by atoms with Crippen molar-refractivity contribution in [3.63, 3.8) is 0 Å². The molecule has 0 saturated carbocycles. The lowest BCUT2D eigenvalue weighted by molar-refractivity contribution is 0.858. The van der Waals surface area contributed by atoms with Crippen molar-refractivity contribution in [2.24, 2.45) is 0 Å². The minimum Gasteiger partial charge on any atom is -0.383 e. The number of nitrogen functional groups attached to an aromatic ring is 1. The quantitative estimate of drug-likeness (QED) is 0.681. The molecule has 12 heavy (non-hydrogen) atoms. The number of hydrogen-bond donors (Lipinski definition) is 1. The largest absolute Gasteiger partial charge is 0.383 e. The molecular formula is C9H11N3. The zero-order valence-electron chi connectivity index (χ0n) is 7.20. The molecule has 0 fully saturated rings. The zero-order valence-corrected chi connectivity index (χ0v) is 7.20. The van der Waals surface area contributed by atoms with Crippen LogP contribution in [0.5, 0.6) is 0 Å². The number of nitriles is 1. The van der Waals surface area contributed by atoms with Crippen LogP contribution in [0.25, 0.3) is 0 Å². The third-order valence-electron chi connectivity index (χ3n) is 1.73. The van der Waals surface area contributed by atoms with E-state index in [9.17, 15) is 0 Å². The Hall–Kier alpha value is -1.56. The lowest BCUT2D eigenvalue weighted by Gasteiger charge is -2.05. The molecule has 0 bridgehead atoms. The van der Waals surface area contributed by atoms with Gasteiger partial charge in [0, 0.05) is 6.20 Å². The summed E-state index contributed by atoms with van der Waals surface area (Å²) in [5, 5.41) is 8.65. The summed E-state index contributed by atoms with van der Waals surface area (Å²) in [4.78, 5) is 3.93. The predicted molar refractivity (Wildman–Crippen MR) is 47.5 cm³/mol. The van der Waals surface area contributed by atoms with Crippen molar-refractivity contribution < 1.29 is 0 Å². The molecule has 3 nitrogen and oxygen atoms in total. The molecule has 0 aliphatic rings. The van der Waals surface area contributed by atoms with Crippen LogP contribution in [0.4, 0.5) is 5.82 Å². The number of rotatable bonds is 1. The number of hydrogen-bond acceptors (Lipinski definition) is 3. The predicted octanol–water partition coefficient (Wildman–Crippen LogP) is 1.66. The Labute approximate surface area is 71.8 Å². The molecule has 0 amide bonds. The highest BCUT2D eigenvalue weighted by Crippen LogP contribution is 2.16. The van der Waals surface area contributed by atoms with E-state index in [1.807, 2.05) is 19.9 Å². The Morgan fingerprint density at radius 1 is 1.58 bits per heavy atom. The second-order valence-electron chi connectivity index (χ2n) is 2.97. The first-order valence-electron chi connectivity index (χ1n) is 3.80. The van der Waals surface area contributed by atoms with Gasteiger partial charge in [-0.1, -0.05) is 13.8 Å². The summed E-state index contributed by atoms with van der Waals surface area (Å²) in [5.41, 5.74) is 6.97. The van der Waals surface area contributed by atoms with Gasteiger partial charge in [0.05, 0.1) is 5.56 Å². The number of pyridine rings is 1. The molecule has 0 unspecified atom stereocenters. The maximum Gasteiger partial charge on any atom is 0.141 e. The van der Waals surface area contributed by atoms with Crippen LogP contribution in [0.3, 0.4) is 0 Å². The minimum absolute atomic E-state index is 0.307. The SMILES string of the molecule is CC(C)c1cnc(N)c(C#N)c1. The molecule has 1 heterocycles. The van der Waals surface area contributed by atoms with Gasteiger partial charge in [0.25, 0.3) is 0 Å². The van der Waals surface area contributed by atoms with E-state index >= 15 is 0 Å². The molecule has 0 aliphatic carbocycles. The fourth-order valence-corrected chi connectivity index (χ4v) is 0.897. The summed E-state index contributed by atoms with van der Waals surface area (Å²) in [6.07, 6.45) is 1.71. The normalized spacial score (nSPS) is 9.83. The van der Waals surface area contributed by atoms with Gasteiger partial charge in [-0.05, 0) is 17.5 Å². The Morgan fingerprint density at radius 3 is 2.75 bits per heavy atom. The van der Waals surface area contributed by atoms with Gasteiger partial charge in [-0.25, -0.2) is 4.98 Å². The van der Waals surface area contributed by atoms with Gasteiger partial charge in [-0.2, -0.15) is 5.26 Å². The van der Waals surface area contributed by atoms with Crippen LogP contribution < -0.4 is 5.73 Å². The number of anilines is 1. The molecule has 1 rings (SSSR count). The van der Waals surface area contributed by atoms with Gasteiger partial charge in [-0.3, -0.25) is 0 Å². The number of nitrogens with two attached hydrogens (primary N) is 1. The zero-order chi connectivity index (χ0) is 9.14. The highest BCUT2D eigenvalue weighted by Gasteiger charge is 2.03. The van der Waals surface area contributed by atoms with Gasteiger partial charge in [-0.15, -0.1) is 0 Å². The lowest BCUT2D eigenvalue weighted by atomic mass is 10.0. The van der Waals surface area contributed by atoms with Crippen molar-refractivity contribution >= 4 is 5.82 Å². The molecule has 0 atom stereocenters. The van der Waals surface area contributed by atoms with Crippen molar-refractivity contribution in [2.75, 3.05) is 5.73 Å². The Bertz CT molecular complexity index is 323. The summed E-state index contributed by atoms with van der Waals surface area (Å²) in [5.74, 6) is 0.687. The van der Waals surface area contributed by atoms with E-state index in [4.69, 9.17) is 11.0 Å². The average molecular weight is 161 g/mol. The molecule has 1 aromatic heterocycles. The van der Waals surface area contributed by atoms with E-state index in [1.54, 1.807) is 12.3 Å². The summed E-state index contributed by atoms with van der Waals surface area (Å²) in [6.45, 7) is 4.10. The van der Waals surface area contributed by atoms with Gasteiger partial charge in [0.1, 0.15) is 11.9 Å². The fourth-order valence-electron chi connectivity index (χ4n) is 0.897. The first kappa shape index (κ1) is 8.54. The molecule has 0 aromatic carbocycles. The van der Waals surface area contributed by atoms with E-state index in [0.717, 1.165) is 5.56 Å². The van der Waals surface area contributed by atoms with Crippen LogP contribution in [0, 0.1) is 11.3 Å². The summed E-state index contributed by atoms with van der Waals surface area (Å²) < 4.78 is 0. The van der Waals surface area contributed by atoms with Crippen LogP contribution in [-0.2, 0) is 0 Å². The second-order valence-corrected chi connectivity index (χ2v) is 2.97. The molecule has 0 spiro atoms. The molecule has 62 valence electrons. The summed E-state index contributed by atoms with van der Waals surface area (Å²) in [7, 11) is 0. The van der Waals surface area contributed by atoms with E-state index in [2.05, 4.69) is 4.98 Å². The first-order chi connectivity index (χ1) is 5.65. The van der Waals surface area contributed by atoms with Crippen LogP contribution in [0.2, 0.25) is 0 Å². The van der Waals surface area contributed by atoms with E-state index in [-0.39, 0.29) is 0 Å². The number of aromatic nitrogens is 1. The lowest BCUT2D eigenvalue weighted by Crippen LogP contribution is -1.97. The second kappa shape index (κ2) is 3.22. The molecule has 0 aliphatic heterocycles. The highest BCUT2D eigenvalue weighted by atomic mass is 14.8. The first-order valence-corrected chi connectivity index (χ1v) is 3.80. The van der Waals surface area contributed by atoms with Gasteiger partial charge >= 0.3 is 0 Å². The van der Waals surface area contributed by atoms with Gasteiger partial charge in [0.15, 0.2) is 0 Å². The third kappa shape index (κ3) is 1.54. The molecule has 0 saturated heterocycles. The summed E-state index contributed by atoms with van der Waals surface area (Å²) in [6, 6.07) is 3.79. The van der Waals surface area contributed by atoms with E-state index in [1.165, 1.54) is 0 Å². The van der Waals surface area contributed by atoms with E-state index < -0.39 is 0 Å². The van der Waals surface area contributed by atoms with Gasteiger partial charge in [0.2, 0.25) is 0 Å². The fraction of sp³-hybridized carbons (Fsp3) is 0.333. The Balaban J connectivity index is 3.16. The number of nitrogens with zero attached hydrogens (tertiary/aromatic N) is 2. The van der Waals surface area contributed by atoms with Crippen molar-refractivity contribution in [1.82, 2.24) is 4.98 Å². The standard InChI is InChI=1S/C9H11N3/c1-6(2)8-3-7(4-10)9(11)12-5-8/h3,5-6H,1-2H3,(H2,11,12). The van der Waals surface area contributed by atoms with Crippen molar-refractivity contribution in [3.8, 4) is 6.07 Å². The van der Waals surface area contributed by atoms with Crippen LogP contribution in [0.1, 0.15) is 30.9 Å². The Kier molecular flexibility index (Phi) is 2.29. The van der Waals surface area contributed by atoms with Crippen LogP contribution >= 0.6 is 0 Å². The van der Waals surface area contributed by atoms with Crippen molar-refractivity contribution in [1.29, 1.82) is 5.26 Å². The van der Waals surface area contributed by atoms with E-state index in [0.29, 0.717) is 17.3 Å². The molecule has 2 N–H and O–H groups in total. The molecular weight excluding hydrogens is 150 g/mol. The van der Waals surface area contributed by atoms with Gasteiger partial charge < -0.3 is 5.73 Å². The van der Waals surface area contributed by atoms with Crippen molar-refractivity contribution in [2.45, 2.75) is 19.8 Å². The smallest absolute Gasteiger partial charge is 0.141 e.